The number of anilines is 1. The molecule has 78 valence electrons. The molecular weight excluding hydrogens is 190 g/mol. The third-order valence-corrected chi connectivity index (χ3v) is 1.26. The van der Waals surface area contributed by atoms with Crippen LogP contribution >= 0.6 is 0 Å². The number of hydrogen-bond acceptors (Lipinski definition) is 5. The molecule has 1 rings (SSSR count). The van der Waals surface area contributed by atoms with Crippen LogP contribution in [-0.2, 0) is 0 Å². The number of ether oxygens (including phenoxy) is 1. The van der Waals surface area contributed by atoms with E-state index in [4.69, 9.17) is 25.9 Å². The standard InChI is InChI=1S/C7H10N2O.HNO3/c1-10-7-4-2-6(9-8)3-5-7;2-1(3)4/h2-5,9H,8H2,1H3;(H,2,3,4). The van der Waals surface area contributed by atoms with Crippen molar-refractivity contribution in [3.63, 3.8) is 0 Å². The van der Waals surface area contributed by atoms with Gasteiger partial charge in [0, 0.05) is 5.69 Å². The number of nitrogens with one attached hydrogen (secondary N) is 1. The number of methoxy groups -OCH3 is 1. The minimum Gasteiger partial charge on any atom is -0.497 e. The zero-order chi connectivity index (χ0) is 11.0. The van der Waals surface area contributed by atoms with Crippen LogP contribution in [0, 0.1) is 10.1 Å². The van der Waals surface area contributed by atoms with Crippen LogP contribution in [0.15, 0.2) is 24.3 Å². The lowest BCUT2D eigenvalue weighted by atomic mass is 10.3. The van der Waals surface area contributed by atoms with Crippen molar-refractivity contribution in [3.8, 4) is 5.75 Å². The summed E-state index contributed by atoms with van der Waals surface area (Å²) in [6.07, 6.45) is 0. The quantitative estimate of drug-likeness (QED) is 0.367. The molecule has 0 unspecified atom stereocenters. The Kier molecular flexibility index (Phi) is 5.55. The second-order valence-corrected chi connectivity index (χ2v) is 2.11. The second-order valence-electron chi connectivity index (χ2n) is 2.11. The van der Waals surface area contributed by atoms with E-state index in [9.17, 15) is 0 Å². The van der Waals surface area contributed by atoms with E-state index in [1.54, 1.807) is 7.11 Å². The van der Waals surface area contributed by atoms with Gasteiger partial charge < -0.3 is 15.4 Å². The van der Waals surface area contributed by atoms with Gasteiger partial charge in [0.25, 0.3) is 5.09 Å². The van der Waals surface area contributed by atoms with Gasteiger partial charge in [-0.15, -0.1) is 10.1 Å². The van der Waals surface area contributed by atoms with Crippen molar-refractivity contribution in [2.45, 2.75) is 0 Å². The molecule has 0 bridgehead atoms. The average Bonchev–Trinajstić information content (AvgIpc) is 2.17. The Morgan fingerprint density at radius 3 is 2.21 bits per heavy atom. The van der Waals surface area contributed by atoms with E-state index in [-0.39, 0.29) is 0 Å². The largest absolute Gasteiger partial charge is 0.497 e. The van der Waals surface area contributed by atoms with Gasteiger partial charge in [-0.1, -0.05) is 0 Å². The first-order chi connectivity index (χ1) is 6.60. The Bertz CT molecular complexity index is 248. The Labute approximate surface area is 80.2 Å². The highest BCUT2D eigenvalue weighted by Gasteiger charge is 1.88. The Balaban J connectivity index is 0.000000364. The monoisotopic (exact) mass is 201 g/mol. The van der Waals surface area contributed by atoms with Gasteiger partial charge in [0.15, 0.2) is 0 Å². The fraction of sp³-hybridized carbons (Fsp3) is 0.143. The first kappa shape index (κ1) is 12.0. The number of hydrogen-bond donors (Lipinski definition) is 3. The predicted molar refractivity (Wildman–Crippen MR) is 49.6 cm³/mol. The third kappa shape index (κ3) is 5.61. The molecule has 0 aromatic heterocycles. The van der Waals surface area contributed by atoms with Crippen LogP contribution in [0.25, 0.3) is 0 Å². The van der Waals surface area contributed by atoms with Gasteiger partial charge in [0.05, 0.1) is 7.11 Å². The molecule has 0 spiro atoms. The maximum Gasteiger partial charge on any atom is 0.291 e. The molecule has 0 saturated heterocycles. The number of nitrogens with two attached hydrogens (primary N) is 1. The number of nitrogens with zero attached hydrogens (tertiary/aromatic N) is 1. The summed E-state index contributed by atoms with van der Waals surface area (Å²) in [5.74, 6) is 5.98. The van der Waals surface area contributed by atoms with Gasteiger partial charge in [-0.25, -0.2) is 0 Å². The molecule has 0 aliphatic rings. The number of hydrazine groups is 1. The van der Waals surface area contributed by atoms with Crippen LogP contribution in [0.1, 0.15) is 0 Å². The lowest BCUT2D eigenvalue weighted by Crippen LogP contribution is -2.05. The zero-order valence-corrected chi connectivity index (χ0v) is 7.51. The Morgan fingerprint density at radius 1 is 1.50 bits per heavy atom. The Hall–Kier alpha value is -2.02. The van der Waals surface area contributed by atoms with Gasteiger partial charge >= 0.3 is 0 Å². The fourth-order valence-electron chi connectivity index (χ4n) is 0.687. The van der Waals surface area contributed by atoms with Crippen LogP contribution in [0.3, 0.4) is 0 Å². The highest BCUT2D eigenvalue weighted by atomic mass is 16.9. The van der Waals surface area contributed by atoms with Gasteiger partial charge in [0.2, 0.25) is 0 Å². The van der Waals surface area contributed by atoms with Gasteiger partial charge in [-0.2, -0.15) is 0 Å². The number of rotatable bonds is 2. The second kappa shape index (κ2) is 6.49. The molecule has 1 aromatic rings. The highest BCUT2D eigenvalue weighted by molar-refractivity contribution is 5.44. The number of benzene rings is 1. The maximum atomic E-state index is 8.36. The van der Waals surface area contributed by atoms with E-state index < -0.39 is 5.09 Å². The molecule has 4 N–H and O–H groups in total. The van der Waals surface area contributed by atoms with Crippen LogP contribution in [0.2, 0.25) is 0 Å². The summed E-state index contributed by atoms with van der Waals surface area (Å²) in [7, 11) is 1.63. The molecule has 7 heteroatoms. The average molecular weight is 201 g/mol. The molecule has 0 aliphatic heterocycles. The molecular formula is C7H11N3O4. The number of nitrogen functional groups attached to an aromatic ring is 1. The Morgan fingerprint density at radius 2 is 1.93 bits per heavy atom. The molecule has 0 heterocycles. The summed E-state index contributed by atoms with van der Waals surface area (Å²) in [6, 6.07) is 7.38. The molecule has 0 fully saturated rings. The summed E-state index contributed by atoms with van der Waals surface area (Å²) < 4.78 is 4.95. The van der Waals surface area contributed by atoms with Crippen LogP contribution in [0.4, 0.5) is 5.69 Å². The molecule has 0 radical (unpaired) electrons. The van der Waals surface area contributed by atoms with Crippen molar-refractivity contribution in [1.29, 1.82) is 0 Å². The molecule has 0 atom stereocenters. The van der Waals surface area contributed by atoms with Crippen LogP contribution in [-0.4, -0.2) is 17.4 Å². The summed E-state index contributed by atoms with van der Waals surface area (Å²) >= 11 is 0. The van der Waals surface area contributed by atoms with E-state index in [0.29, 0.717) is 0 Å². The van der Waals surface area contributed by atoms with E-state index in [1.165, 1.54) is 0 Å². The fourth-order valence-corrected chi connectivity index (χ4v) is 0.687. The van der Waals surface area contributed by atoms with Crippen molar-refractivity contribution in [2.75, 3.05) is 12.5 Å². The summed E-state index contributed by atoms with van der Waals surface area (Å²) in [6.45, 7) is 0. The summed E-state index contributed by atoms with van der Waals surface area (Å²) in [5, 5.41) is 13.6. The minimum absolute atomic E-state index is 0.832. The molecule has 0 amide bonds. The molecule has 7 nitrogen and oxygen atoms in total. The summed E-state index contributed by atoms with van der Waals surface area (Å²) in [5.41, 5.74) is 3.40. The van der Waals surface area contributed by atoms with Crippen LogP contribution < -0.4 is 16.0 Å². The van der Waals surface area contributed by atoms with Crippen molar-refractivity contribution in [2.24, 2.45) is 5.84 Å². The van der Waals surface area contributed by atoms with Gasteiger partial charge in [-0.05, 0) is 24.3 Å². The minimum atomic E-state index is -1.50. The smallest absolute Gasteiger partial charge is 0.291 e. The van der Waals surface area contributed by atoms with Crippen molar-refractivity contribution in [1.82, 2.24) is 0 Å². The lowest BCUT2D eigenvalue weighted by Gasteiger charge is -2.00. The normalized spacial score (nSPS) is 8.14. The lowest BCUT2D eigenvalue weighted by molar-refractivity contribution is -0.742. The molecule has 14 heavy (non-hydrogen) atoms. The predicted octanol–water partition coefficient (Wildman–Crippen LogP) is 0.633. The topological polar surface area (TPSA) is 111 Å². The highest BCUT2D eigenvalue weighted by Crippen LogP contribution is 2.13. The van der Waals surface area contributed by atoms with Crippen molar-refractivity contribution < 1.29 is 15.0 Å². The van der Waals surface area contributed by atoms with E-state index in [0.717, 1.165) is 11.4 Å². The molecule has 0 saturated carbocycles. The van der Waals surface area contributed by atoms with Gasteiger partial charge in [-0.3, -0.25) is 5.84 Å². The van der Waals surface area contributed by atoms with E-state index in [1.807, 2.05) is 24.3 Å². The van der Waals surface area contributed by atoms with E-state index in [2.05, 4.69) is 5.43 Å². The zero-order valence-electron chi connectivity index (χ0n) is 7.51. The molecule has 1 aromatic carbocycles. The first-order valence-electron chi connectivity index (χ1n) is 3.54. The van der Waals surface area contributed by atoms with Crippen LogP contribution in [0.5, 0.6) is 5.75 Å². The van der Waals surface area contributed by atoms with Crippen molar-refractivity contribution >= 4 is 5.69 Å². The summed E-state index contributed by atoms with van der Waals surface area (Å²) in [4.78, 5) is 8.36. The van der Waals surface area contributed by atoms with Crippen molar-refractivity contribution in [3.05, 3.63) is 34.4 Å². The van der Waals surface area contributed by atoms with Gasteiger partial charge in [0.1, 0.15) is 5.75 Å². The van der Waals surface area contributed by atoms with E-state index >= 15 is 0 Å². The SMILES string of the molecule is COc1ccc(NN)cc1.O=[N+]([O-])O. The first-order valence-corrected chi connectivity index (χ1v) is 3.54. The molecule has 0 aliphatic carbocycles. The third-order valence-electron chi connectivity index (χ3n) is 1.26. The maximum absolute atomic E-state index is 8.36.